The second kappa shape index (κ2) is 8.81. The number of aromatic nitrogens is 2. The number of ether oxygens (including phenoxy) is 2. The Morgan fingerprint density at radius 3 is 2.69 bits per heavy atom. The second-order valence-electron chi connectivity index (χ2n) is 7.41. The number of aliphatic hydroxyl groups is 2. The Morgan fingerprint density at radius 2 is 2.07 bits per heavy atom. The van der Waals surface area contributed by atoms with E-state index in [0.29, 0.717) is 38.2 Å². The van der Waals surface area contributed by atoms with Crippen LogP contribution in [0, 0.1) is 13.8 Å². The summed E-state index contributed by atoms with van der Waals surface area (Å²) in [5, 5.41) is 30.0. The largest absolute Gasteiger partial charge is 0.512 e. The Kier molecular flexibility index (Phi) is 6.41. The zero-order valence-electron chi connectivity index (χ0n) is 16.6. The maximum atomic E-state index is 10.8. The number of carbonyl (C=O) groups is 1. The molecule has 3 rings (SSSR count). The van der Waals surface area contributed by atoms with E-state index in [1.165, 1.54) is 0 Å². The predicted molar refractivity (Wildman–Crippen MR) is 104 cm³/mol. The highest BCUT2D eigenvalue weighted by Gasteiger charge is 2.35. The molecule has 1 unspecified atom stereocenters. The van der Waals surface area contributed by atoms with Gasteiger partial charge in [0.05, 0.1) is 5.69 Å². The van der Waals surface area contributed by atoms with Crippen molar-refractivity contribution in [2.75, 3.05) is 26.2 Å². The number of aromatic amines is 1. The first kappa shape index (κ1) is 21.1. The minimum Gasteiger partial charge on any atom is -0.485 e. The monoisotopic (exact) mass is 405 g/mol. The number of likely N-dealkylation sites (tertiary alicyclic amines) is 1. The molecule has 1 aliphatic heterocycles. The molecule has 9 nitrogen and oxygen atoms in total. The van der Waals surface area contributed by atoms with Gasteiger partial charge in [0, 0.05) is 37.1 Å². The minimum atomic E-state index is -1.44. The molecule has 29 heavy (non-hydrogen) atoms. The molecule has 1 atom stereocenters. The van der Waals surface area contributed by atoms with Gasteiger partial charge in [-0.3, -0.25) is 4.98 Å². The van der Waals surface area contributed by atoms with Crippen molar-refractivity contribution >= 4 is 6.16 Å². The predicted octanol–water partition coefficient (Wildman–Crippen LogP) is 1.81. The van der Waals surface area contributed by atoms with E-state index in [9.17, 15) is 15.0 Å². The molecule has 0 amide bonds. The normalized spacial score (nSPS) is 17.7. The van der Waals surface area contributed by atoms with Crippen molar-refractivity contribution in [2.24, 2.45) is 0 Å². The van der Waals surface area contributed by atoms with Crippen LogP contribution < -0.4 is 9.47 Å². The van der Waals surface area contributed by atoms with Gasteiger partial charge in [-0.2, -0.15) is 0 Å². The van der Waals surface area contributed by atoms with E-state index in [1.54, 1.807) is 20.0 Å². The van der Waals surface area contributed by atoms with Gasteiger partial charge in [0.15, 0.2) is 5.75 Å². The molecule has 1 saturated heterocycles. The number of carboxylic acid groups (broad SMARTS) is 1. The standard InChI is InChI=1S/C20H27N3O6/c1-13-14(2)22-18(29-19(25)26)17(13)28-12-15(24)11-23-9-6-20(27,7-10-23)16-5-3-4-8-21-16/h3-5,8,15,22,24,27H,6-7,9-12H2,1-2H3,(H,25,26). The van der Waals surface area contributed by atoms with Crippen LogP contribution in [0.5, 0.6) is 11.6 Å². The number of β-amino-alcohol motifs (C(OH)–C–C–N with tert-alkyl or cyclic N) is 1. The van der Waals surface area contributed by atoms with E-state index >= 15 is 0 Å². The third kappa shape index (κ3) is 5.06. The summed E-state index contributed by atoms with van der Waals surface area (Å²) in [7, 11) is 0. The number of aliphatic hydroxyl groups excluding tert-OH is 1. The van der Waals surface area contributed by atoms with Crippen molar-refractivity contribution in [1.29, 1.82) is 0 Å². The number of hydrogen-bond donors (Lipinski definition) is 4. The fourth-order valence-corrected chi connectivity index (χ4v) is 3.52. The Balaban J connectivity index is 1.51. The Bertz CT molecular complexity index is 830. The lowest BCUT2D eigenvalue weighted by molar-refractivity contribution is -0.0401. The van der Waals surface area contributed by atoms with Crippen LogP contribution in [0.1, 0.15) is 29.8 Å². The molecule has 1 fully saturated rings. The molecule has 0 saturated carbocycles. The average molecular weight is 405 g/mol. The molecule has 158 valence electrons. The number of aryl methyl sites for hydroxylation is 1. The number of nitrogens with one attached hydrogen (secondary N) is 1. The van der Waals surface area contributed by atoms with Crippen LogP contribution in [0.3, 0.4) is 0 Å². The zero-order chi connectivity index (χ0) is 21.0. The molecule has 0 spiro atoms. The van der Waals surface area contributed by atoms with Crippen LogP contribution in [-0.4, -0.2) is 68.7 Å². The lowest BCUT2D eigenvalue weighted by atomic mass is 9.87. The van der Waals surface area contributed by atoms with E-state index in [4.69, 9.17) is 14.6 Å². The highest BCUT2D eigenvalue weighted by atomic mass is 16.7. The van der Waals surface area contributed by atoms with Crippen LogP contribution in [0.4, 0.5) is 4.79 Å². The summed E-state index contributed by atoms with van der Waals surface area (Å²) in [5.74, 6) is 0.296. The fraction of sp³-hybridized carbons (Fsp3) is 0.500. The van der Waals surface area contributed by atoms with Crippen molar-refractivity contribution in [3.63, 3.8) is 0 Å². The molecular weight excluding hydrogens is 378 g/mol. The van der Waals surface area contributed by atoms with Crippen LogP contribution in [-0.2, 0) is 5.60 Å². The first-order chi connectivity index (χ1) is 13.8. The van der Waals surface area contributed by atoms with Crippen molar-refractivity contribution in [1.82, 2.24) is 14.9 Å². The van der Waals surface area contributed by atoms with Gasteiger partial charge in [0.1, 0.15) is 18.3 Å². The van der Waals surface area contributed by atoms with Crippen molar-refractivity contribution < 1.29 is 29.6 Å². The molecule has 2 aromatic heterocycles. The van der Waals surface area contributed by atoms with Gasteiger partial charge in [-0.15, -0.1) is 0 Å². The van der Waals surface area contributed by atoms with Crippen molar-refractivity contribution in [2.45, 2.75) is 38.4 Å². The molecule has 9 heteroatoms. The van der Waals surface area contributed by atoms with Gasteiger partial charge < -0.3 is 34.7 Å². The highest BCUT2D eigenvalue weighted by molar-refractivity contribution is 5.63. The third-order valence-electron chi connectivity index (χ3n) is 5.31. The molecule has 1 aliphatic rings. The molecule has 0 aliphatic carbocycles. The summed E-state index contributed by atoms with van der Waals surface area (Å²) in [6.07, 6.45) is 0.524. The number of pyridine rings is 1. The van der Waals surface area contributed by atoms with Gasteiger partial charge in [-0.1, -0.05) is 6.07 Å². The summed E-state index contributed by atoms with van der Waals surface area (Å²) in [6, 6.07) is 5.51. The number of rotatable bonds is 7. The van der Waals surface area contributed by atoms with E-state index in [-0.39, 0.29) is 18.2 Å². The molecule has 0 radical (unpaired) electrons. The van der Waals surface area contributed by atoms with Gasteiger partial charge in [-0.05, 0) is 38.8 Å². The third-order valence-corrected chi connectivity index (χ3v) is 5.31. The maximum Gasteiger partial charge on any atom is 0.512 e. The topological polar surface area (TPSA) is 128 Å². The molecular formula is C20H27N3O6. The average Bonchev–Trinajstić information content (AvgIpc) is 2.95. The zero-order valence-corrected chi connectivity index (χ0v) is 16.6. The minimum absolute atomic E-state index is 0.00484. The Labute approximate surface area is 168 Å². The molecule has 0 aromatic carbocycles. The van der Waals surface area contributed by atoms with Crippen molar-refractivity contribution in [3.05, 3.63) is 41.3 Å². The van der Waals surface area contributed by atoms with E-state index in [0.717, 1.165) is 11.3 Å². The molecule has 2 aromatic rings. The van der Waals surface area contributed by atoms with E-state index < -0.39 is 17.9 Å². The van der Waals surface area contributed by atoms with Crippen LogP contribution in [0.2, 0.25) is 0 Å². The van der Waals surface area contributed by atoms with Gasteiger partial charge in [0.2, 0.25) is 5.88 Å². The lowest BCUT2D eigenvalue weighted by Crippen LogP contribution is -2.46. The van der Waals surface area contributed by atoms with E-state index in [2.05, 4.69) is 14.9 Å². The lowest BCUT2D eigenvalue weighted by Gasteiger charge is -2.38. The quantitative estimate of drug-likeness (QED) is 0.514. The summed E-state index contributed by atoms with van der Waals surface area (Å²) in [4.78, 5) is 20.0. The molecule has 4 N–H and O–H groups in total. The Hall–Kier alpha value is -2.62. The smallest absolute Gasteiger partial charge is 0.485 e. The van der Waals surface area contributed by atoms with Crippen molar-refractivity contribution in [3.8, 4) is 11.6 Å². The van der Waals surface area contributed by atoms with Crippen LogP contribution in [0.15, 0.2) is 24.4 Å². The SMILES string of the molecule is Cc1[nH]c(OC(=O)O)c(OCC(O)CN2CCC(O)(c3ccccn3)CC2)c1C. The molecule has 3 heterocycles. The first-order valence-electron chi connectivity index (χ1n) is 9.55. The van der Waals surface area contributed by atoms with Gasteiger partial charge in [-0.25, -0.2) is 4.79 Å². The summed E-state index contributed by atoms with van der Waals surface area (Å²) in [6.45, 7) is 5.19. The first-order valence-corrected chi connectivity index (χ1v) is 9.55. The number of H-pyrrole nitrogens is 1. The van der Waals surface area contributed by atoms with E-state index in [1.807, 2.05) is 18.2 Å². The van der Waals surface area contributed by atoms with Crippen LogP contribution >= 0.6 is 0 Å². The summed E-state index contributed by atoms with van der Waals surface area (Å²) in [5.41, 5.74) is 1.19. The summed E-state index contributed by atoms with van der Waals surface area (Å²) < 4.78 is 10.4. The fourth-order valence-electron chi connectivity index (χ4n) is 3.52. The number of nitrogens with zero attached hydrogens (tertiary/aromatic N) is 2. The second-order valence-corrected chi connectivity index (χ2v) is 7.41. The highest BCUT2D eigenvalue weighted by Crippen LogP contribution is 2.34. The van der Waals surface area contributed by atoms with Gasteiger partial charge >= 0.3 is 6.16 Å². The van der Waals surface area contributed by atoms with Crippen LogP contribution in [0.25, 0.3) is 0 Å². The summed E-state index contributed by atoms with van der Waals surface area (Å²) >= 11 is 0. The number of piperidine rings is 1. The Morgan fingerprint density at radius 1 is 1.34 bits per heavy atom. The van der Waals surface area contributed by atoms with Gasteiger partial charge in [0.25, 0.3) is 0 Å². The number of hydrogen-bond acceptors (Lipinski definition) is 7. The molecule has 0 bridgehead atoms. The maximum absolute atomic E-state index is 10.8.